The predicted octanol–water partition coefficient (Wildman–Crippen LogP) is 2.16. The molecule has 4 nitrogen and oxygen atoms in total. The first-order valence-corrected chi connectivity index (χ1v) is 6.67. The summed E-state index contributed by atoms with van der Waals surface area (Å²) in [6.45, 7) is 0.633. The van der Waals surface area contributed by atoms with E-state index in [1.165, 1.54) is 5.56 Å². The maximum Gasteiger partial charge on any atom is 0.255 e. The summed E-state index contributed by atoms with van der Waals surface area (Å²) >= 11 is 1.67. The van der Waals surface area contributed by atoms with Gasteiger partial charge in [-0.3, -0.25) is 4.79 Å². The number of hydrogen-bond donors (Lipinski definition) is 2. The first-order chi connectivity index (χ1) is 8.81. The van der Waals surface area contributed by atoms with E-state index in [0.717, 1.165) is 6.42 Å². The van der Waals surface area contributed by atoms with Gasteiger partial charge in [-0.25, -0.2) is 4.98 Å². The van der Waals surface area contributed by atoms with Gasteiger partial charge in [-0.15, -0.1) is 0 Å². The molecule has 0 saturated heterocycles. The highest BCUT2D eigenvalue weighted by molar-refractivity contribution is 7.07. The molecular weight excluding hydrogens is 246 g/mol. The Kier molecular flexibility index (Phi) is 4.30. The third-order valence-electron chi connectivity index (χ3n) is 2.57. The summed E-state index contributed by atoms with van der Waals surface area (Å²) in [4.78, 5) is 16.1. The Labute approximate surface area is 110 Å². The molecule has 2 N–H and O–H groups in total. The summed E-state index contributed by atoms with van der Waals surface area (Å²) in [5.74, 6) is 0.508. The van der Waals surface area contributed by atoms with Crippen molar-refractivity contribution in [2.24, 2.45) is 0 Å². The zero-order valence-electron chi connectivity index (χ0n) is 10.1. The fraction of sp³-hybridized carbons (Fsp3) is 0.231. The lowest BCUT2D eigenvalue weighted by molar-refractivity contribution is 0.0954. The average molecular weight is 261 g/mol. The summed E-state index contributed by atoms with van der Waals surface area (Å²) < 4.78 is 0. The van der Waals surface area contributed by atoms with Crippen LogP contribution in [0.4, 0.5) is 5.82 Å². The number of rotatable bonds is 5. The molecule has 0 fully saturated rings. The van der Waals surface area contributed by atoms with Gasteiger partial charge in [0.1, 0.15) is 5.82 Å². The van der Waals surface area contributed by atoms with Crippen LogP contribution in [0.1, 0.15) is 15.9 Å². The molecule has 2 rings (SSSR count). The molecule has 0 aromatic carbocycles. The Morgan fingerprint density at radius 1 is 1.44 bits per heavy atom. The molecule has 0 radical (unpaired) electrons. The van der Waals surface area contributed by atoms with E-state index in [9.17, 15) is 4.79 Å². The third-order valence-corrected chi connectivity index (χ3v) is 3.30. The molecule has 2 heterocycles. The minimum atomic E-state index is -0.0947. The predicted molar refractivity (Wildman–Crippen MR) is 74.1 cm³/mol. The maximum absolute atomic E-state index is 12.0. The monoisotopic (exact) mass is 261 g/mol. The van der Waals surface area contributed by atoms with E-state index in [0.29, 0.717) is 17.9 Å². The van der Waals surface area contributed by atoms with Crippen LogP contribution >= 0.6 is 11.3 Å². The lowest BCUT2D eigenvalue weighted by Crippen LogP contribution is -2.26. The van der Waals surface area contributed by atoms with E-state index in [-0.39, 0.29) is 5.91 Å². The van der Waals surface area contributed by atoms with Crippen LogP contribution in [0.5, 0.6) is 0 Å². The molecule has 94 valence electrons. The second-order valence-corrected chi connectivity index (χ2v) is 4.57. The Hall–Kier alpha value is -1.88. The highest BCUT2D eigenvalue weighted by atomic mass is 32.1. The van der Waals surface area contributed by atoms with Crippen molar-refractivity contribution < 1.29 is 4.79 Å². The molecule has 2 aromatic heterocycles. The zero-order chi connectivity index (χ0) is 12.8. The highest BCUT2D eigenvalue weighted by Gasteiger charge is 2.10. The summed E-state index contributed by atoms with van der Waals surface area (Å²) in [5, 5.41) is 9.94. The molecule has 0 saturated carbocycles. The number of carbonyl (C=O) groups is 1. The number of nitrogens with zero attached hydrogens (tertiary/aromatic N) is 1. The molecule has 0 unspecified atom stereocenters. The number of pyridine rings is 1. The van der Waals surface area contributed by atoms with Crippen molar-refractivity contribution in [2.45, 2.75) is 6.42 Å². The van der Waals surface area contributed by atoms with Crippen molar-refractivity contribution in [3.05, 3.63) is 46.3 Å². The Morgan fingerprint density at radius 3 is 3.06 bits per heavy atom. The van der Waals surface area contributed by atoms with Crippen LogP contribution in [0.2, 0.25) is 0 Å². The van der Waals surface area contributed by atoms with Crippen LogP contribution in [0.15, 0.2) is 35.2 Å². The molecule has 0 bridgehead atoms. The highest BCUT2D eigenvalue weighted by Crippen LogP contribution is 2.10. The minimum Gasteiger partial charge on any atom is -0.372 e. The lowest BCUT2D eigenvalue weighted by atomic mass is 10.2. The minimum absolute atomic E-state index is 0.0947. The quantitative estimate of drug-likeness (QED) is 0.867. The number of anilines is 1. The van der Waals surface area contributed by atoms with E-state index in [2.05, 4.69) is 27.1 Å². The molecular formula is C13H15N3OS. The van der Waals surface area contributed by atoms with Gasteiger partial charge in [-0.05, 0) is 40.9 Å². The maximum atomic E-state index is 12.0. The van der Waals surface area contributed by atoms with Crippen LogP contribution in [-0.4, -0.2) is 24.5 Å². The Bertz CT molecular complexity index is 511. The van der Waals surface area contributed by atoms with Gasteiger partial charge in [0, 0.05) is 19.8 Å². The number of thiophene rings is 1. The van der Waals surface area contributed by atoms with Gasteiger partial charge in [0.25, 0.3) is 5.91 Å². The Balaban J connectivity index is 1.91. The second kappa shape index (κ2) is 6.16. The second-order valence-electron chi connectivity index (χ2n) is 3.79. The van der Waals surface area contributed by atoms with Crippen molar-refractivity contribution in [3.8, 4) is 0 Å². The Morgan fingerprint density at radius 2 is 2.33 bits per heavy atom. The van der Waals surface area contributed by atoms with Gasteiger partial charge in [0.05, 0.1) is 5.56 Å². The summed E-state index contributed by atoms with van der Waals surface area (Å²) in [7, 11) is 1.75. The zero-order valence-corrected chi connectivity index (χ0v) is 11.0. The number of nitrogens with one attached hydrogen (secondary N) is 2. The number of aromatic nitrogens is 1. The first-order valence-electron chi connectivity index (χ1n) is 5.73. The van der Waals surface area contributed by atoms with Crippen LogP contribution in [0.25, 0.3) is 0 Å². The van der Waals surface area contributed by atoms with Crippen molar-refractivity contribution in [2.75, 3.05) is 18.9 Å². The smallest absolute Gasteiger partial charge is 0.255 e. The van der Waals surface area contributed by atoms with Crippen LogP contribution in [-0.2, 0) is 6.42 Å². The molecule has 2 aromatic rings. The normalized spacial score (nSPS) is 10.1. The van der Waals surface area contributed by atoms with Gasteiger partial charge < -0.3 is 10.6 Å². The number of hydrogen-bond acceptors (Lipinski definition) is 4. The largest absolute Gasteiger partial charge is 0.372 e. The standard InChI is InChI=1S/C13H15N3OS/c1-14-12-11(3-2-6-15-12)13(17)16-7-4-10-5-8-18-9-10/h2-3,5-6,8-9H,4,7H2,1H3,(H,14,15)(H,16,17). The van der Waals surface area contributed by atoms with Crippen LogP contribution in [0, 0.1) is 0 Å². The van der Waals surface area contributed by atoms with Gasteiger partial charge in [-0.2, -0.15) is 11.3 Å². The van der Waals surface area contributed by atoms with E-state index in [1.807, 2.05) is 5.38 Å². The summed E-state index contributed by atoms with van der Waals surface area (Å²) in [5.41, 5.74) is 1.82. The van der Waals surface area contributed by atoms with E-state index in [1.54, 1.807) is 36.7 Å². The van der Waals surface area contributed by atoms with Gasteiger partial charge in [0.15, 0.2) is 0 Å². The van der Waals surface area contributed by atoms with Gasteiger partial charge in [-0.1, -0.05) is 0 Å². The van der Waals surface area contributed by atoms with Crippen molar-refractivity contribution >= 4 is 23.1 Å². The van der Waals surface area contributed by atoms with Crippen molar-refractivity contribution in [1.29, 1.82) is 0 Å². The molecule has 5 heteroatoms. The number of carbonyl (C=O) groups excluding carboxylic acids is 1. The van der Waals surface area contributed by atoms with E-state index >= 15 is 0 Å². The fourth-order valence-electron chi connectivity index (χ4n) is 1.64. The molecule has 1 amide bonds. The molecule has 0 aliphatic heterocycles. The average Bonchev–Trinajstić information content (AvgIpc) is 2.91. The van der Waals surface area contributed by atoms with Gasteiger partial charge >= 0.3 is 0 Å². The molecule has 18 heavy (non-hydrogen) atoms. The molecule has 0 spiro atoms. The topological polar surface area (TPSA) is 54.0 Å². The first kappa shape index (κ1) is 12.6. The molecule has 0 atom stereocenters. The molecule has 0 aliphatic carbocycles. The summed E-state index contributed by atoms with van der Waals surface area (Å²) in [6.07, 6.45) is 2.51. The van der Waals surface area contributed by atoms with Crippen LogP contribution in [0.3, 0.4) is 0 Å². The van der Waals surface area contributed by atoms with Crippen molar-refractivity contribution in [3.63, 3.8) is 0 Å². The van der Waals surface area contributed by atoms with Gasteiger partial charge in [0.2, 0.25) is 0 Å². The fourth-order valence-corrected chi connectivity index (χ4v) is 2.34. The molecule has 0 aliphatic rings. The third kappa shape index (κ3) is 3.07. The van der Waals surface area contributed by atoms with E-state index < -0.39 is 0 Å². The van der Waals surface area contributed by atoms with Crippen LogP contribution < -0.4 is 10.6 Å². The SMILES string of the molecule is CNc1ncccc1C(=O)NCCc1ccsc1. The lowest BCUT2D eigenvalue weighted by Gasteiger charge is -2.08. The van der Waals surface area contributed by atoms with E-state index in [4.69, 9.17) is 0 Å². The van der Waals surface area contributed by atoms with Crippen molar-refractivity contribution in [1.82, 2.24) is 10.3 Å². The summed E-state index contributed by atoms with van der Waals surface area (Å²) in [6, 6.07) is 5.59. The number of amides is 1.